The van der Waals surface area contributed by atoms with Gasteiger partial charge < -0.3 is 25.6 Å². The van der Waals surface area contributed by atoms with Crippen molar-refractivity contribution >= 4 is 23.5 Å². The molecule has 0 radical (unpaired) electrons. The first kappa shape index (κ1) is 23.5. The first-order valence-electron chi connectivity index (χ1n) is 12.1. The Morgan fingerprint density at radius 3 is 1.74 bits per heavy atom. The van der Waals surface area contributed by atoms with E-state index in [1.54, 1.807) is 0 Å². The highest BCUT2D eigenvalue weighted by Gasteiger charge is 2.45. The summed E-state index contributed by atoms with van der Waals surface area (Å²) in [5.74, 6) is 1.43. The standard InChI is InChI=1S/C28H34N4O2/c1-5-31(6-2)20-13-15-23-26(17-20)34-27-18-21(32(7-3)8-4)14-16-24(27)28(23,30-19-33)22-11-9-10-12-25(22)29/h9-19H,5-8,29H2,1-4H3,(H,30,33). The van der Waals surface area contributed by atoms with E-state index in [4.69, 9.17) is 10.5 Å². The number of ether oxygens (including phenoxy) is 1. The van der Waals surface area contributed by atoms with Gasteiger partial charge in [0.1, 0.15) is 17.0 Å². The first-order chi connectivity index (χ1) is 16.5. The summed E-state index contributed by atoms with van der Waals surface area (Å²) in [7, 11) is 0. The van der Waals surface area contributed by atoms with Gasteiger partial charge in [-0.3, -0.25) is 4.79 Å². The summed E-state index contributed by atoms with van der Waals surface area (Å²) in [6, 6.07) is 20.1. The van der Waals surface area contributed by atoms with E-state index < -0.39 is 5.54 Å². The lowest BCUT2D eigenvalue weighted by Gasteiger charge is -2.41. The van der Waals surface area contributed by atoms with Gasteiger partial charge in [-0.15, -0.1) is 0 Å². The summed E-state index contributed by atoms with van der Waals surface area (Å²) in [5, 5.41) is 3.15. The van der Waals surface area contributed by atoms with Crippen molar-refractivity contribution in [1.82, 2.24) is 5.32 Å². The van der Waals surface area contributed by atoms with E-state index in [0.717, 1.165) is 60.7 Å². The molecular weight excluding hydrogens is 424 g/mol. The number of nitrogens with two attached hydrogens (primary N) is 1. The molecule has 6 nitrogen and oxygen atoms in total. The molecular formula is C28H34N4O2. The summed E-state index contributed by atoms with van der Waals surface area (Å²) >= 11 is 0. The van der Waals surface area contributed by atoms with Crippen LogP contribution in [0.25, 0.3) is 0 Å². The van der Waals surface area contributed by atoms with Crippen LogP contribution in [0.3, 0.4) is 0 Å². The molecule has 0 aromatic heterocycles. The van der Waals surface area contributed by atoms with E-state index in [-0.39, 0.29) is 0 Å². The summed E-state index contributed by atoms with van der Waals surface area (Å²) in [5.41, 5.74) is 10.8. The second-order valence-corrected chi connectivity index (χ2v) is 8.41. The zero-order chi connectivity index (χ0) is 24.3. The maximum atomic E-state index is 12.1. The molecule has 1 amide bonds. The molecule has 1 aliphatic rings. The molecule has 0 fully saturated rings. The molecule has 4 rings (SSSR count). The van der Waals surface area contributed by atoms with E-state index in [0.29, 0.717) is 17.2 Å². The van der Waals surface area contributed by atoms with E-state index in [1.165, 1.54) is 0 Å². The summed E-state index contributed by atoms with van der Waals surface area (Å²) < 4.78 is 6.55. The van der Waals surface area contributed by atoms with Crippen LogP contribution in [0.2, 0.25) is 0 Å². The van der Waals surface area contributed by atoms with Crippen molar-refractivity contribution in [2.45, 2.75) is 33.2 Å². The predicted molar refractivity (Wildman–Crippen MR) is 140 cm³/mol. The number of nitrogen functional groups attached to an aromatic ring is 1. The third kappa shape index (κ3) is 3.73. The highest BCUT2D eigenvalue weighted by molar-refractivity contribution is 5.74. The molecule has 0 spiro atoms. The average Bonchev–Trinajstić information content (AvgIpc) is 2.85. The van der Waals surface area contributed by atoms with Crippen LogP contribution >= 0.6 is 0 Å². The molecule has 1 aliphatic heterocycles. The van der Waals surface area contributed by atoms with Crippen molar-refractivity contribution < 1.29 is 9.53 Å². The third-order valence-electron chi connectivity index (χ3n) is 6.86. The normalized spacial score (nSPS) is 13.3. The van der Waals surface area contributed by atoms with Crippen molar-refractivity contribution in [2.24, 2.45) is 0 Å². The monoisotopic (exact) mass is 458 g/mol. The van der Waals surface area contributed by atoms with Gasteiger partial charge in [-0.1, -0.05) is 30.3 Å². The number of fused-ring (bicyclic) bond motifs is 2. The minimum Gasteiger partial charge on any atom is -0.456 e. The molecule has 3 aromatic rings. The van der Waals surface area contributed by atoms with Crippen LogP contribution in [0.4, 0.5) is 17.1 Å². The molecule has 0 saturated carbocycles. The number of hydrogen-bond acceptors (Lipinski definition) is 5. The highest BCUT2D eigenvalue weighted by Crippen LogP contribution is 2.52. The van der Waals surface area contributed by atoms with Crippen molar-refractivity contribution in [1.29, 1.82) is 0 Å². The van der Waals surface area contributed by atoms with Gasteiger partial charge in [-0.25, -0.2) is 0 Å². The van der Waals surface area contributed by atoms with Crippen molar-refractivity contribution in [3.63, 3.8) is 0 Å². The van der Waals surface area contributed by atoms with Crippen molar-refractivity contribution in [3.8, 4) is 11.5 Å². The maximum Gasteiger partial charge on any atom is 0.208 e. The maximum absolute atomic E-state index is 12.1. The van der Waals surface area contributed by atoms with E-state index >= 15 is 0 Å². The van der Waals surface area contributed by atoms with Gasteiger partial charge in [0.25, 0.3) is 0 Å². The summed E-state index contributed by atoms with van der Waals surface area (Å²) in [4.78, 5) is 16.7. The Kier molecular flexibility index (Phi) is 6.68. The molecule has 34 heavy (non-hydrogen) atoms. The SMILES string of the molecule is CCN(CC)c1ccc2c(c1)Oc1cc(N(CC)CC)ccc1C2(NC=O)c1ccccc1N. The molecule has 178 valence electrons. The Morgan fingerprint density at radius 1 is 0.794 bits per heavy atom. The van der Waals surface area contributed by atoms with Crippen molar-refractivity contribution in [2.75, 3.05) is 41.7 Å². The van der Waals surface area contributed by atoms with Gasteiger partial charge in [-0.2, -0.15) is 0 Å². The molecule has 1 heterocycles. The molecule has 0 saturated heterocycles. The highest BCUT2D eigenvalue weighted by atomic mass is 16.5. The van der Waals surface area contributed by atoms with Gasteiger partial charge in [0.15, 0.2) is 0 Å². The Bertz CT molecular complexity index is 1110. The number of rotatable bonds is 9. The molecule has 6 heteroatoms. The number of carbonyl (C=O) groups excluding carboxylic acids is 1. The van der Waals surface area contributed by atoms with Crippen LogP contribution in [-0.4, -0.2) is 32.6 Å². The predicted octanol–water partition coefficient (Wildman–Crippen LogP) is 5.10. The first-order valence-corrected chi connectivity index (χ1v) is 12.1. The third-order valence-corrected chi connectivity index (χ3v) is 6.86. The number of amides is 1. The van der Waals surface area contributed by atoms with Crippen LogP contribution in [0.1, 0.15) is 44.4 Å². The second kappa shape index (κ2) is 9.67. The minimum absolute atomic E-state index is 0.608. The minimum atomic E-state index is -0.973. The van der Waals surface area contributed by atoms with E-state index in [9.17, 15) is 4.79 Å². The van der Waals surface area contributed by atoms with Crippen LogP contribution in [0, 0.1) is 0 Å². The van der Waals surface area contributed by atoms with Gasteiger partial charge in [0.05, 0.1) is 0 Å². The molecule has 0 atom stereocenters. The number of para-hydroxylation sites is 1. The summed E-state index contributed by atoms with van der Waals surface area (Å²) in [6.07, 6.45) is 0.752. The molecule has 3 aromatic carbocycles. The molecule has 0 aliphatic carbocycles. The average molecular weight is 459 g/mol. The zero-order valence-corrected chi connectivity index (χ0v) is 20.5. The van der Waals surface area contributed by atoms with Gasteiger partial charge in [0, 0.05) is 72.1 Å². The van der Waals surface area contributed by atoms with Gasteiger partial charge in [-0.05, 0) is 45.9 Å². The van der Waals surface area contributed by atoms with E-state index in [1.807, 2.05) is 36.4 Å². The van der Waals surface area contributed by atoms with Crippen LogP contribution in [0.15, 0.2) is 60.7 Å². The number of benzene rings is 3. The van der Waals surface area contributed by atoms with Gasteiger partial charge in [0.2, 0.25) is 6.41 Å². The fourth-order valence-corrected chi connectivity index (χ4v) is 5.10. The summed E-state index contributed by atoms with van der Waals surface area (Å²) in [6.45, 7) is 12.1. The number of carbonyl (C=O) groups is 1. The quantitative estimate of drug-likeness (QED) is 0.345. The lowest BCUT2D eigenvalue weighted by atomic mass is 9.74. The number of hydrogen-bond donors (Lipinski definition) is 2. The van der Waals surface area contributed by atoms with Crippen molar-refractivity contribution in [3.05, 3.63) is 77.4 Å². The molecule has 0 unspecified atom stereocenters. The Labute approximate surface area is 202 Å². The second-order valence-electron chi connectivity index (χ2n) is 8.41. The topological polar surface area (TPSA) is 70.8 Å². The number of nitrogens with zero attached hydrogens (tertiary/aromatic N) is 2. The lowest BCUT2D eigenvalue weighted by Crippen LogP contribution is -2.46. The molecule has 0 bridgehead atoms. The number of nitrogens with one attached hydrogen (secondary N) is 1. The van der Waals surface area contributed by atoms with Crippen LogP contribution < -0.4 is 25.6 Å². The Morgan fingerprint density at radius 2 is 1.29 bits per heavy atom. The van der Waals surface area contributed by atoms with Crippen LogP contribution in [0.5, 0.6) is 11.5 Å². The molecule has 3 N–H and O–H groups in total. The Hall–Kier alpha value is -3.67. The fraction of sp³-hybridized carbons (Fsp3) is 0.321. The smallest absolute Gasteiger partial charge is 0.208 e. The van der Waals surface area contributed by atoms with Crippen LogP contribution in [-0.2, 0) is 10.3 Å². The van der Waals surface area contributed by atoms with Gasteiger partial charge >= 0.3 is 0 Å². The lowest BCUT2D eigenvalue weighted by molar-refractivity contribution is -0.110. The Balaban J connectivity index is 2.02. The fourth-order valence-electron chi connectivity index (χ4n) is 5.10. The largest absolute Gasteiger partial charge is 0.456 e. The van der Waals surface area contributed by atoms with E-state index in [2.05, 4.69) is 67.1 Å². The number of anilines is 3. The zero-order valence-electron chi connectivity index (χ0n) is 20.5.